The van der Waals surface area contributed by atoms with Crippen LogP contribution in [0.2, 0.25) is 0 Å². The van der Waals surface area contributed by atoms with E-state index in [2.05, 4.69) is 4.98 Å². The Bertz CT molecular complexity index is 801. The number of piperidine rings is 1. The van der Waals surface area contributed by atoms with Crippen LogP contribution in [0.3, 0.4) is 0 Å². The Kier molecular flexibility index (Phi) is 5.20. The van der Waals surface area contributed by atoms with Crippen LogP contribution in [0.5, 0.6) is 0 Å². The highest BCUT2D eigenvalue weighted by Gasteiger charge is 2.30. The second-order valence-electron chi connectivity index (χ2n) is 7.46. The molecule has 138 valence electrons. The Morgan fingerprint density at radius 1 is 1.15 bits per heavy atom. The molecule has 2 aliphatic rings. The van der Waals surface area contributed by atoms with Gasteiger partial charge in [0, 0.05) is 41.9 Å². The summed E-state index contributed by atoms with van der Waals surface area (Å²) < 4.78 is 0. The molecule has 4 rings (SSSR count). The van der Waals surface area contributed by atoms with E-state index in [1.165, 1.54) is 19.3 Å². The summed E-state index contributed by atoms with van der Waals surface area (Å²) in [5, 5.41) is 4.00. The molecule has 1 aliphatic carbocycles. The van der Waals surface area contributed by atoms with Gasteiger partial charge < -0.3 is 9.88 Å². The Morgan fingerprint density at radius 2 is 1.92 bits per heavy atom. The van der Waals surface area contributed by atoms with E-state index in [9.17, 15) is 9.59 Å². The van der Waals surface area contributed by atoms with Gasteiger partial charge in [-0.3, -0.25) is 9.59 Å². The fourth-order valence-corrected chi connectivity index (χ4v) is 4.86. The van der Waals surface area contributed by atoms with E-state index in [0.717, 1.165) is 55.9 Å². The van der Waals surface area contributed by atoms with E-state index in [4.69, 9.17) is 4.98 Å². The van der Waals surface area contributed by atoms with Crippen LogP contribution in [-0.2, 0) is 4.79 Å². The fraction of sp³-hybridized carbons (Fsp3) is 0.550. The number of hydrogen-bond acceptors (Lipinski definition) is 4. The number of hydrogen-bond donors (Lipinski definition) is 1. The van der Waals surface area contributed by atoms with Crippen molar-refractivity contribution < 1.29 is 4.79 Å². The molecule has 2 aromatic rings. The van der Waals surface area contributed by atoms with Crippen LogP contribution in [0.4, 0.5) is 0 Å². The zero-order valence-electron chi connectivity index (χ0n) is 14.9. The third-order valence-corrected chi connectivity index (χ3v) is 6.41. The summed E-state index contributed by atoms with van der Waals surface area (Å²) in [5.74, 6) is 1.57. The van der Waals surface area contributed by atoms with Crippen molar-refractivity contribution in [2.75, 3.05) is 13.1 Å². The molecule has 0 bridgehead atoms. The molecular formula is C20H25N3O2S. The molecule has 2 fully saturated rings. The first-order valence-corrected chi connectivity index (χ1v) is 10.6. The van der Waals surface area contributed by atoms with Crippen LogP contribution < -0.4 is 5.56 Å². The van der Waals surface area contributed by atoms with E-state index in [0.29, 0.717) is 5.91 Å². The van der Waals surface area contributed by atoms with Gasteiger partial charge in [-0.05, 0) is 37.1 Å². The maximum Gasteiger partial charge on any atom is 0.251 e. The van der Waals surface area contributed by atoms with Gasteiger partial charge in [0.2, 0.25) is 5.91 Å². The minimum Gasteiger partial charge on any atom is -0.342 e. The van der Waals surface area contributed by atoms with Gasteiger partial charge in [0.15, 0.2) is 0 Å². The van der Waals surface area contributed by atoms with Crippen LogP contribution in [0, 0.1) is 5.92 Å². The zero-order chi connectivity index (χ0) is 17.9. The molecule has 1 saturated carbocycles. The Hall–Kier alpha value is -1.95. The zero-order valence-corrected chi connectivity index (χ0v) is 15.8. The molecule has 0 spiro atoms. The highest BCUT2D eigenvalue weighted by atomic mass is 32.1. The summed E-state index contributed by atoms with van der Waals surface area (Å²) in [5.41, 5.74) is 1.63. The number of aromatic amines is 1. The molecule has 1 N–H and O–H groups in total. The van der Waals surface area contributed by atoms with E-state index >= 15 is 0 Å². The van der Waals surface area contributed by atoms with Crippen LogP contribution >= 0.6 is 11.3 Å². The maximum absolute atomic E-state index is 12.7. The predicted octanol–water partition coefficient (Wildman–Crippen LogP) is 3.78. The molecule has 5 nitrogen and oxygen atoms in total. The van der Waals surface area contributed by atoms with Crippen molar-refractivity contribution in [3.8, 4) is 11.3 Å². The largest absolute Gasteiger partial charge is 0.342 e. The van der Waals surface area contributed by atoms with Crippen molar-refractivity contribution in [1.82, 2.24) is 14.9 Å². The molecule has 26 heavy (non-hydrogen) atoms. The van der Waals surface area contributed by atoms with Crippen molar-refractivity contribution in [3.63, 3.8) is 0 Å². The number of carbonyl (C=O) groups excluding carboxylic acids is 1. The summed E-state index contributed by atoms with van der Waals surface area (Å²) in [6.07, 6.45) is 7.49. The third-order valence-electron chi connectivity index (χ3n) is 5.72. The molecule has 6 heteroatoms. The minimum atomic E-state index is -0.100. The SMILES string of the molecule is O=C(C1CCCCC1)N1CCC(c2nc(-c3ccsc3)cc(=O)[nH]2)CC1. The van der Waals surface area contributed by atoms with Crippen molar-refractivity contribution in [1.29, 1.82) is 0 Å². The number of thiophene rings is 1. The predicted molar refractivity (Wildman–Crippen MR) is 103 cm³/mol. The number of nitrogens with zero attached hydrogens (tertiary/aromatic N) is 2. The third kappa shape index (κ3) is 3.75. The van der Waals surface area contributed by atoms with Crippen LogP contribution in [0.1, 0.15) is 56.7 Å². The lowest BCUT2D eigenvalue weighted by atomic mass is 9.87. The number of nitrogens with one attached hydrogen (secondary N) is 1. The average molecular weight is 372 g/mol. The number of amides is 1. The van der Waals surface area contributed by atoms with E-state index in [1.807, 2.05) is 21.7 Å². The lowest BCUT2D eigenvalue weighted by molar-refractivity contribution is -0.137. The van der Waals surface area contributed by atoms with Gasteiger partial charge in [0.25, 0.3) is 5.56 Å². The monoisotopic (exact) mass is 371 g/mol. The minimum absolute atomic E-state index is 0.100. The van der Waals surface area contributed by atoms with Gasteiger partial charge in [-0.1, -0.05) is 19.3 Å². The van der Waals surface area contributed by atoms with Crippen LogP contribution in [0.15, 0.2) is 27.7 Å². The quantitative estimate of drug-likeness (QED) is 0.893. The molecule has 0 aromatic carbocycles. The smallest absolute Gasteiger partial charge is 0.251 e. The standard InChI is InChI=1S/C20H25N3O2S/c24-18-12-17(16-8-11-26-13-16)21-19(22-18)14-6-9-23(10-7-14)20(25)15-4-2-1-3-5-15/h8,11-15H,1-7,9-10H2,(H,21,22,24). The van der Waals surface area contributed by atoms with E-state index in [1.54, 1.807) is 17.4 Å². The van der Waals surface area contributed by atoms with Crippen molar-refractivity contribution in [2.24, 2.45) is 5.92 Å². The van der Waals surface area contributed by atoms with Gasteiger partial charge in [-0.2, -0.15) is 11.3 Å². The molecule has 2 aromatic heterocycles. The highest BCUT2D eigenvalue weighted by Crippen LogP contribution is 2.30. The molecule has 1 saturated heterocycles. The molecule has 1 amide bonds. The van der Waals surface area contributed by atoms with Gasteiger partial charge in [0.1, 0.15) is 5.82 Å². The number of likely N-dealkylation sites (tertiary alicyclic amines) is 1. The summed E-state index contributed by atoms with van der Waals surface area (Å²) in [4.78, 5) is 34.4. The average Bonchev–Trinajstić information content (AvgIpc) is 3.23. The van der Waals surface area contributed by atoms with Crippen molar-refractivity contribution >= 4 is 17.2 Å². The molecular weight excluding hydrogens is 346 g/mol. The normalized spacial score (nSPS) is 19.6. The van der Waals surface area contributed by atoms with Gasteiger partial charge in [0.05, 0.1) is 5.69 Å². The number of aromatic nitrogens is 2. The van der Waals surface area contributed by atoms with E-state index < -0.39 is 0 Å². The lowest BCUT2D eigenvalue weighted by Crippen LogP contribution is -2.42. The first-order chi connectivity index (χ1) is 12.7. The highest BCUT2D eigenvalue weighted by molar-refractivity contribution is 7.08. The first kappa shape index (κ1) is 17.5. The first-order valence-electron chi connectivity index (χ1n) is 9.63. The maximum atomic E-state index is 12.7. The summed E-state index contributed by atoms with van der Waals surface area (Å²) in [6, 6.07) is 3.55. The molecule has 3 heterocycles. The van der Waals surface area contributed by atoms with Crippen molar-refractivity contribution in [2.45, 2.75) is 50.9 Å². The molecule has 1 aliphatic heterocycles. The molecule has 0 unspecified atom stereocenters. The summed E-state index contributed by atoms with van der Waals surface area (Å²) in [6.45, 7) is 1.54. The lowest BCUT2D eigenvalue weighted by Gasteiger charge is -2.34. The van der Waals surface area contributed by atoms with Gasteiger partial charge >= 0.3 is 0 Å². The van der Waals surface area contributed by atoms with E-state index in [-0.39, 0.29) is 17.4 Å². The Balaban J connectivity index is 1.43. The number of rotatable bonds is 3. The number of carbonyl (C=O) groups is 1. The summed E-state index contributed by atoms with van der Waals surface area (Å²) >= 11 is 1.60. The Labute approximate surface area is 157 Å². The Morgan fingerprint density at radius 3 is 2.62 bits per heavy atom. The number of H-pyrrole nitrogens is 1. The summed E-state index contributed by atoms with van der Waals surface area (Å²) in [7, 11) is 0. The van der Waals surface area contributed by atoms with Gasteiger partial charge in [-0.25, -0.2) is 4.98 Å². The second-order valence-corrected chi connectivity index (χ2v) is 8.24. The molecule has 0 radical (unpaired) electrons. The molecule has 0 atom stereocenters. The van der Waals surface area contributed by atoms with Crippen molar-refractivity contribution in [3.05, 3.63) is 39.1 Å². The van der Waals surface area contributed by atoms with Crippen LogP contribution in [0.25, 0.3) is 11.3 Å². The topological polar surface area (TPSA) is 66.1 Å². The van der Waals surface area contributed by atoms with Crippen LogP contribution in [-0.4, -0.2) is 33.9 Å². The fourth-order valence-electron chi connectivity index (χ4n) is 4.21. The van der Waals surface area contributed by atoms with Gasteiger partial charge in [-0.15, -0.1) is 0 Å². The second kappa shape index (κ2) is 7.74.